The SMILES string of the molecule is Nc1c(S(=O)(=O)c2ccccc2)nnn1-c1cccc(F)c1. The fourth-order valence-electron chi connectivity index (χ4n) is 1.98. The van der Waals surface area contributed by atoms with E-state index in [1.165, 1.54) is 30.3 Å². The lowest BCUT2D eigenvalue weighted by atomic mass is 10.3. The first-order valence-corrected chi connectivity index (χ1v) is 7.76. The molecule has 0 saturated heterocycles. The number of nitrogens with zero attached hydrogens (tertiary/aromatic N) is 3. The third-order valence-electron chi connectivity index (χ3n) is 3.03. The Morgan fingerprint density at radius 2 is 1.77 bits per heavy atom. The number of anilines is 1. The van der Waals surface area contributed by atoms with Gasteiger partial charge in [0.15, 0.2) is 5.82 Å². The van der Waals surface area contributed by atoms with Crippen LogP contribution in [0.4, 0.5) is 10.2 Å². The van der Waals surface area contributed by atoms with E-state index in [0.29, 0.717) is 5.69 Å². The molecule has 0 aliphatic rings. The van der Waals surface area contributed by atoms with E-state index in [4.69, 9.17) is 5.73 Å². The number of halogens is 1. The minimum absolute atomic E-state index is 0.0630. The van der Waals surface area contributed by atoms with Crippen LogP contribution in [0.15, 0.2) is 64.5 Å². The van der Waals surface area contributed by atoms with Gasteiger partial charge in [-0.15, -0.1) is 5.10 Å². The van der Waals surface area contributed by atoms with Gasteiger partial charge in [-0.1, -0.05) is 29.5 Å². The zero-order chi connectivity index (χ0) is 15.7. The standard InChI is InChI=1S/C14H11FN4O2S/c15-10-5-4-6-11(9-10)19-13(16)14(17-18-19)22(20,21)12-7-2-1-3-8-12/h1-9H,16H2. The molecule has 0 aliphatic carbocycles. The summed E-state index contributed by atoms with van der Waals surface area (Å²) in [5, 5.41) is 7.00. The molecular weight excluding hydrogens is 307 g/mol. The number of aromatic nitrogens is 3. The highest BCUT2D eigenvalue weighted by Crippen LogP contribution is 2.25. The summed E-state index contributed by atoms with van der Waals surface area (Å²) in [6, 6.07) is 13.2. The average Bonchev–Trinajstić information content (AvgIpc) is 2.90. The summed E-state index contributed by atoms with van der Waals surface area (Å²) in [6.45, 7) is 0. The van der Waals surface area contributed by atoms with Gasteiger partial charge in [-0.3, -0.25) is 0 Å². The van der Waals surface area contributed by atoms with Gasteiger partial charge in [-0.2, -0.15) is 4.68 Å². The molecule has 3 rings (SSSR count). The van der Waals surface area contributed by atoms with Gasteiger partial charge in [-0.25, -0.2) is 12.8 Å². The molecule has 0 aliphatic heterocycles. The Hall–Kier alpha value is -2.74. The van der Waals surface area contributed by atoms with Crippen LogP contribution in [0.25, 0.3) is 5.69 Å². The van der Waals surface area contributed by atoms with Crippen LogP contribution in [0.5, 0.6) is 0 Å². The van der Waals surface area contributed by atoms with E-state index in [-0.39, 0.29) is 15.7 Å². The van der Waals surface area contributed by atoms with E-state index < -0.39 is 15.7 Å². The van der Waals surface area contributed by atoms with Crippen LogP contribution in [-0.4, -0.2) is 23.4 Å². The minimum atomic E-state index is -3.88. The first-order chi connectivity index (χ1) is 10.5. The number of hydrogen-bond acceptors (Lipinski definition) is 5. The maximum atomic E-state index is 13.3. The molecule has 0 bridgehead atoms. The number of hydrogen-bond donors (Lipinski definition) is 1. The predicted octanol–water partition coefficient (Wildman–Crippen LogP) is 1.82. The molecule has 0 amide bonds. The van der Waals surface area contributed by atoms with Gasteiger partial charge in [0, 0.05) is 0 Å². The molecule has 22 heavy (non-hydrogen) atoms. The van der Waals surface area contributed by atoms with Crippen molar-refractivity contribution in [1.29, 1.82) is 0 Å². The number of nitrogens with two attached hydrogens (primary N) is 1. The summed E-state index contributed by atoms with van der Waals surface area (Å²) in [4.78, 5) is 0.0630. The second-order valence-corrected chi connectivity index (χ2v) is 6.35. The van der Waals surface area contributed by atoms with Gasteiger partial charge >= 0.3 is 0 Å². The second kappa shape index (κ2) is 5.23. The van der Waals surface area contributed by atoms with Crippen LogP contribution >= 0.6 is 0 Å². The molecule has 0 atom stereocenters. The van der Waals surface area contributed by atoms with Crippen LogP contribution in [0, 0.1) is 5.82 Å². The number of rotatable bonds is 3. The second-order valence-electron chi connectivity index (χ2n) is 4.49. The van der Waals surface area contributed by atoms with Crippen molar-refractivity contribution in [3.63, 3.8) is 0 Å². The molecule has 1 heterocycles. The van der Waals surface area contributed by atoms with Crippen molar-refractivity contribution in [3.05, 3.63) is 60.4 Å². The van der Waals surface area contributed by atoms with Gasteiger partial charge < -0.3 is 5.73 Å². The van der Waals surface area contributed by atoms with E-state index >= 15 is 0 Å². The summed E-state index contributed by atoms with van der Waals surface area (Å²) < 4.78 is 39.3. The summed E-state index contributed by atoms with van der Waals surface area (Å²) in [5.41, 5.74) is 6.14. The molecule has 112 valence electrons. The molecular formula is C14H11FN4O2S. The normalized spacial score (nSPS) is 11.5. The van der Waals surface area contributed by atoms with Crippen LogP contribution in [-0.2, 0) is 9.84 Å². The summed E-state index contributed by atoms with van der Waals surface area (Å²) in [7, 11) is -3.88. The van der Waals surface area contributed by atoms with E-state index in [2.05, 4.69) is 10.3 Å². The Bertz CT molecular complexity index is 923. The van der Waals surface area contributed by atoms with Crippen LogP contribution in [0.2, 0.25) is 0 Å². The third kappa shape index (κ3) is 2.33. The highest BCUT2D eigenvalue weighted by molar-refractivity contribution is 7.91. The van der Waals surface area contributed by atoms with Crippen molar-refractivity contribution in [1.82, 2.24) is 15.0 Å². The molecule has 1 aromatic heterocycles. The maximum absolute atomic E-state index is 13.3. The molecule has 6 nitrogen and oxygen atoms in total. The van der Waals surface area contributed by atoms with Gasteiger partial charge in [0.1, 0.15) is 5.82 Å². The lowest BCUT2D eigenvalue weighted by Gasteiger charge is -2.04. The topological polar surface area (TPSA) is 90.9 Å². The first-order valence-electron chi connectivity index (χ1n) is 6.27. The molecule has 2 N–H and O–H groups in total. The Morgan fingerprint density at radius 3 is 2.45 bits per heavy atom. The first kappa shape index (κ1) is 14.2. The summed E-state index contributed by atoms with van der Waals surface area (Å²) in [5.74, 6) is -0.658. The van der Waals surface area contributed by atoms with Gasteiger partial charge in [0.2, 0.25) is 14.9 Å². The summed E-state index contributed by atoms with van der Waals surface area (Å²) in [6.07, 6.45) is 0. The fraction of sp³-hybridized carbons (Fsp3) is 0. The molecule has 0 fully saturated rings. The molecule has 0 spiro atoms. The highest BCUT2D eigenvalue weighted by Gasteiger charge is 2.26. The molecule has 2 aromatic carbocycles. The number of benzene rings is 2. The maximum Gasteiger partial charge on any atom is 0.229 e. The molecule has 0 radical (unpaired) electrons. The van der Waals surface area contributed by atoms with Gasteiger partial charge in [-0.05, 0) is 30.3 Å². The Morgan fingerprint density at radius 1 is 1.05 bits per heavy atom. The van der Waals surface area contributed by atoms with E-state index in [1.807, 2.05) is 0 Å². The van der Waals surface area contributed by atoms with Crippen molar-refractivity contribution in [3.8, 4) is 5.69 Å². The fourth-order valence-corrected chi connectivity index (χ4v) is 3.22. The van der Waals surface area contributed by atoms with E-state index in [1.54, 1.807) is 24.3 Å². The van der Waals surface area contributed by atoms with Crippen molar-refractivity contribution in [2.75, 3.05) is 5.73 Å². The van der Waals surface area contributed by atoms with Gasteiger partial charge in [0.25, 0.3) is 0 Å². The molecule has 8 heteroatoms. The largest absolute Gasteiger partial charge is 0.381 e. The Kier molecular flexibility index (Phi) is 3.38. The van der Waals surface area contributed by atoms with E-state index in [9.17, 15) is 12.8 Å². The molecule has 3 aromatic rings. The number of nitrogen functional groups attached to an aromatic ring is 1. The highest BCUT2D eigenvalue weighted by atomic mass is 32.2. The van der Waals surface area contributed by atoms with Gasteiger partial charge in [0.05, 0.1) is 10.6 Å². The van der Waals surface area contributed by atoms with E-state index in [0.717, 1.165) is 4.68 Å². The van der Waals surface area contributed by atoms with Crippen LogP contribution in [0.1, 0.15) is 0 Å². The predicted molar refractivity (Wildman–Crippen MR) is 77.6 cm³/mol. The quantitative estimate of drug-likeness (QED) is 0.795. The van der Waals surface area contributed by atoms with Crippen molar-refractivity contribution >= 4 is 15.7 Å². The molecule has 0 unspecified atom stereocenters. The lowest BCUT2D eigenvalue weighted by Crippen LogP contribution is -2.07. The smallest absolute Gasteiger partial charge is 0.229 e. The van der Waals surface area contributed by atoms with Crippen LogP contribution < -0.4 is 5.73 Å². The number of sulfone groups is 1. The van der Waals surface area contributed by atoms with Crippen molar-refractivity contribution in [2.24, 2.45) is 0 Å². The molecule has 0 saturated carbocycles. The summed E-state index contributed by atoms with van der Waals surface area (Å²) >= 11 is 0. The monoisotopic (exact) mass is 318 g/mol. The zero-order valence-electron chi connectivity index (χ0n) is 11.2. The Balaban J connectivity index is 2.12. The minimum Gasteiger partial charge on any atom is -0.381 e. The zero-order valence-corrected chi connectivity index (χ0v) is 12.0. The third-order valence-corrected chi connectivity index (χ3v) is 4.73. The Labute approximate surface area is 125 Å². The van der Waals surface area contributed by atoms with Crippen molar-refractivity contribution in [2.45, 2.75) is 9.92 Å². The van der Waals surface area contributed by atoms with Crippen LogP contribution in [0.3, 0.4) is 0 Å². The average molecular weight is 318 g/mol. The lowest BCUT2D eigenvalue weighted by molar-refractivity contribution is 0.592. The van der Waals surface area contributed by atoms with Crippen molar-refractivity contribution < 1.29 is 12.8 Å².